The van der Waals surface area contributed by atoms with E-state index in [1.807, 2.05) is 52.0 Å². The molecule has 0 spiro atoms. The van der Waals surface area contributed by atoms with E-state index in [1.54, 1.807) is 48.5 Å². The van der Waals surface area contributed by atoms with Crippen molar-refractivity contribution >= 4 is 24.0 Å². The SMILES string of the molecule is Cc1ccc(C[C@@H](COC[C@H](CC(=O)OC(C)(C)C)C(=O)O)[C@@H](OCC(C)C)[C@H](C)O)cc1.Cc1ccc(C[C@H]2COC[C@H](NC(=O)OC(C)(C)C)C(=O)O[C@@H](C)[C@@H]2OCC(C)C)cc1. The first-order valence-corrected chi connectivity index (χ1v) is 23.0. The predicted molar refractivity (Wildman–Crippen MR) is 250 cm³/mol. The summed E-state index contributed by atoms with van der Waals surface area (Å²) in [7, 11) is 0. The zero-order valence-corrected chi connectivity index (χ0v) is 41.6. The van der Waals surface area contributed by atoms with Gasteiger partial charge in [0.15, 0.2) is 6.04 Å². The monoisotopic (exact) mass is 916 g/mol. The lowest BCUT2D eigenvalue weighted by molar-refractivity contribution is -0.161. The van der Waals surface area contributed by atoms with Crippen LogP contribution in [-0.2, 0) is 60.4 Å². The van der Waals surface area contributed by atoms with Crippen molar-refractivity contribution in [2.75, 3.05) is 39.6 Å². The second-order valence-corrected chi connectivity index (χ2v) is 20.3. The van der Waals surface area contributed by atoms with Crippen LogP contribution < -0.4 is 5.32 Å². The number of hydrogen-bond acceptors (Lipinski definition) is 12. The van der Waals surface area contributed by atoms with Crippen LogP contribution in [0.4, 0.5) is 4.79 Å². The van der Waals surface area contributed by atoms with Crippen molar-refractivity contribution in [2.24, 2.45) is 29.6 Å². The maximum Gasteiger partial charge on any atom is 0.408 e. The highest BCUT2D eigenvalue weighted by molar-refractivity contribution is 5.82. The molecule has 0 aliphatic carbocycles. The minimum Gasteiger partial charge on any atom is -0.481 e. The van der Waals surface area contributed by atoms with Crippen molar-refractivity contribution in [3.8, 4) is 0 Å². The van der Waals surface area contributed by atoms with E-state index in [9.17, 15) is 29.4 Å². The second kappa shape index (κ2) is 27.5. The summed E-state index contributed by atoms with van der Waals surface area (Å²) in [5.41, 5.74) is 3.25. The lowest BCUT2D eigenvalue weighted by Gasteiger charge is -2.31. The molecule has 0 radical (unpaired) electrons. The Kier molecular flexibility index (Phi) is 24.2. The number of carboxylic acids is 1. The van der Waals surface area contributed by atoms with Gasteiger partial charge in [-0.3, -0.25) is 9.59 Å². The Morgan fingerprint density at radius 1 is 0.785 bits per heavy atom. The van der Waals surface area contributed by atoms with E-state index in [2.05, 4.69) is 50.4 Å². The molecule has 1 aliphatic heterocycles. The summed E-state index contributed by atoms with van der Waals surface area (Å²) in [6.07, 6.45) is -1.63. The lowest BCUT2D eigenvalue weighted by Crippen LogP contribution is -2.48. The fraction of sp³-hybridized carbons (Fsp3) is 0.686. The number of ether oxygens (including phenoxy) is 7. The van der Waals surface area contributed by atoms with Gasteiger partial charge in [0, 0.05) is 25.0 Å². The summed E-state index contributed by atoms with van der Waals surface area (Å²) in [5, 5.41) is 22.5. The first-order valence-electron chi connectivity index (χ1n) is 23.0. The summed E-state index contributed by atoms with van der Waals surface area (Å²) in [6, 6.07) is 15.5. The number of carbonyl (C=O) groups excluding carboxylic acids is 3. The number of alkyl carbamates (subject to hydrolysis) is 1. The molecular weight excluding hydrogens is 835 g/mol. The van der Waals surface area contributed by atoms with E-state index in [1.165, 1.54) is 11.1 Å². The van der Waals surface area contributed by atoms with Gasteiger partial charge in [-0.25, -0.2) is 9.59 Å². The Balaban J connectivity index is 0.000000447. The molecule has 14 heteroatoms. The second-order valence-electron chi connectivity index (χ2n) is 20.3. The van der Waals surface area contributed by atoms with Crippen LogP contribution in [0.1, 0.15) is 112 Å². The minimum absolute atomic E-state index is 0.00605. The first-order chi connectivity index (χ1) is 30.2. The number of esters is 2. The maximum absolute atomic E-state index is 12.8. The first kappa shape index (κ1) is 57.0. The molecule has 1 fully saturated rings. The van der Waals surface area contributed by atoms with Crippen LogP contribution in [-0.4, -0.2) is 116 Å². The Hall–Kier alpha value is -4.08. The van der Waals surface area contributed by atoms with E-state index in [-0.39, 0.29) is 44.2 Å². The molecule has 2 aromatic carbocycles. The third-order valence-corrected chi connectivity index (χ3v) is 10.1. The van der Waals surface area contributed by atoms with Crippen LogP contribution in [0.15, 0.2) is 48.5 Å². The van der Waals surface area contributed by atoms with Gasteiger partial charge in [0.25, 0.3) is 0 Å². The van der Waals surface area contributed by atoms with Gasteiger partial charge in [0.2, 0.25) is 0 Å². The topological polar surface area (TPSA) is 185 Å². The van der Waals surface area contributed by atoms with Crippen LogP contribution >= 0.6 is 0 Å². The van der Waals surface area contributed by atoms with E-state index < -0.39 is 65.5 Å². The van der Waals surface area contributed by atoms with Crippen molar-refractivity contribution in [2.45, 2.75) is 158 Å². The smallest absolute Gasteiger partial charge is 0.408 e. The molecule has 0 saturated carbocycles. The van der Waals surface area contributed by atoms with Crippen molar-refractivity contribution in [1.82, 2.24) is 5.32 Å². The predicted octanol–water partition coefficient (Wildman–Crippen LogP) is 8.08. The number of cyclic esters (lactones) is 1. The number of aliphatic carboxylic acids is 1. The normalized spacial score (nSPS) is 20.2. The summed E-state index contributed by atoms with van der Waals surface area (Å²) < 4.78 is 40.2. The summed E-state index contributed by atoms with van der Waals surface area (Å²) >= 11 is 0. The molecule has 2 aromatic rings. The average molecular weight is 916 g/mol. The number of aryl methyl sites for hydroxylation is 2. The molecule has 0 unspecified atom stereocenters. The van der Waals surface area contributed by atoms with Crippen LogP contribution in [0, 0.1) is 43.4 Å². The van der Waals surface area contributed by atoms with Crippen molar-refractivity contribution in [3.63, 3.8) is 0 Å². The Labute approximate surface area is 388 Å². The van der Waals surface area contributed by atoms with Gasteiger partial charge >= 0.3 is 24.0 Å². The van der Waals surface area contributed by atoms with Gasteiger partial charge in [-0.15, -0.1) is 0 Å². The van der Waals surface area contributed by atoms with E-state index in [4.69, 9.17) is 33.2 Å². The molecule has 14 nitrogen and oxygen atoms in total. The zero-order chi connectivity index (χ0) is 49.1. The standard InChI is InChI=1S/C26H42O7.C25H39NO6/c1-17(2)14-32-24(19(4)27)21(12-20-10-8-18(3)9-11-20)15-31-16-22(25(29)30)13-23(28)33-26(5,6)7;1-16(2)13-30-22-18(4)31-23(27)21(26-24(28)32-25(5,6)7)15-29-14-20(22)12-19-10-8-17(3)9-11-19/h8-11,17,19,21-22,24,27H,12-16H2,1-7H3,(H,29,30);8-11,16,18,20-22H,12-15H2,1-7H3,(H,26,28)/t19-,21-,22-,24-;18-,20-,21-,22-/m00/s1. The molecule has 8 atom stereocenters. The number of rotatable bonds is 20. The molecule has 1 amide bonds. The van der Waals surface area contributed by atoms with Crippen molar-refractivity contribution in [1.29, 1.82) is 0 Å². The Morgan fingerprint density at radius 3 is 1.85 bits per heavy atom. The van der Waals surface area contributed by atoms with Gasteiger partial charge in [-0.05, 0) is 105 Å². The largest absolute Gasteiger partial charge is 0.481 e. The van der Waals surface area contributed by atoms with Crippen molar-refractivity contribution in [3.05, 3.63) is 70.8 Å². The van der Waals surface area contributed by atoms with Gasteiger partial charge < -0.3 is 48.7 Å². The molecule has 0 bridgehead atoms. The molecule has 65 heavy (non-hydrogen) atoms. The third-order valence-electron chi connectivity index (χ3n) is 10.1. The minimum atomic E-state index is -1.11. The molecule has 1 aliphatic rings. The quantitative estimate of drug-likeness (QED) is 0.0857. The van der Waals surface area contributed by atoms with Crippen LogP contribution in [0.25, 0.3) is 0 Å². The fourth-order valence-electron chi connectivity index (χ4n) is 6.98. The zero-order valence-electron chi connectivity index (χ0n) is 41.6. The van der Waals surface area contributed by atoms with E-state index in [0.29, 0.717) is 38.1 Å². The summed E-state index contributed by atoms with van der Waals surface area (Å²) in [4.78, 5) is 48.7. The van der Waals surface area contributed by atoms with Gasteiger partial charge in [0.1, 0.15) is 17.3 Å². The molecule has 1 saturated heterocycles. The highest BCUT2D eigenvalue weighted by atomic mass is 16.6. The van der Waals surface area contributed by atoms with Gasteiger partial charge in [-0.2, -0.15) is 0 Å². The van der Waals surface area contributed by atoms with E-state index in [0.717, 1.165) is 17.5 Å². The third kappa shape index (κ3) is 23.8. The molecule has 0 aromatic heterocycles. The number of amides is 1. The number of aliphatic hydroxyl groups is 1. The number of carboxylic acid groups (broad SMARTS) is 1. The summed E-state index contributed by atoms with van der Waals surface area (Å²) in [6.45, 7) is 27.8. The lowest BCUT2D eigenvalue weighted by atomic mass is 9.91. The van der Waals surface area contributed by atoms with Crippen molar-refractivity contribution < 1.29 is 62.5 Å². The number of nitrogens with one attached hydrogen (secondary N) is 1. The number of aliphatic hydroxyl groups excluding tert-OH is 1. The highest BCUT2D eigenvalue weighted by Crippen LogP contribution is 2.25. The van der Waals surface area contributed by atoms with E-state index >= 15 is 0 Å². The number of carbonyl (C=O) groups is 4. The summed E-state index contributed by atoms with van der Waals surface area (Å²) in [5.74, 6) is -2.82. The molecule has 368 valence electrons. The Morgan fingerprint density at radius 2 is 1.34 bits per heavy atom. The van der Waals surface area contributed by atoms with Gasteiger partial charge in [-0.1, -0.05) is 87.4 Å². The maximum atomic E-state index is 12.8. The van der Waals surface area contributed by atoms with Crippen LogP contribution in [0.3, 0.4) is 0 Å². The molecule has 3 rings (SSSR count). The number of benzene rings is 2. The van der Waals surface area contributed by atoms with Crippen LogP contribution in [0.5, 0.6) is 0 Å². The fourth-order valence-corrected chi connectivity index (χ4v) is 6.98. The number of hydrogen-bond donors (Lipinski definition) is 3. The average Bonchev–Trinajstić information content (AvgIpc) is 3.21. The highest BCUT2D eigenvalue weighted by Gasteiger charge is 2.36. The van der Waals surface area contributed by atoms with Gasteiger partial charge in [0.05, 0.1) is 57.1 Å². The Bertz CT molecular complexity index is 1710. The molecular formula is C51H81NO13. The van der Waals surface area contributed by atoms with Crippen LogP contribution in [0.2, 0.25) is 0 Å². The molecule has 3 N–H and O–H groups in total. The molecule has 1 heterocycles.